The van der Waals surface area contributed by atoms with Crippen molar-refractivity contribution in [3.63, 3.8) is 0 Å². The van der Waals surface area contributed by atoms with Crippen LogP contribution in [-0.4, -0.2) is 14.2 Å². The first kappa shape index (κ1) is 15.0. The molecule has 0 fully saturated rings. The van der Waals surface area contributed by atoms with Crippen LogP contribution < -0.4 is 10.1 Å². The molecule has 19 heavy (non-hydrogen) atoms. The zero-order chi connectivity index (χ0) is 14.0. The second-order valence-electron chi connectivity index (χ2n) is 3.88. The molecule has 2 rings (SSSR count). The lowest BCUT2D eigenvalue weighted by molar-refractivity contribution is 0.410. The molecule has 0 saturated heterocycles. The number of thiophene rings is 1. The average Bonchev–Trinajstić information content (AvgIpc) is 2.72. The minimum atomic E-state index is -0.278. The van der Waals surface area contributed by atoms with Crippen molar-refractivity contribution in [3.8, 4) is 5.75 Å². The molecule has 1 heterocycles. The Bertz CT molecular complexity index is 569. The van der Waals surface area contributed by atoms with Gasteiger partial charge < -0.3 is 10.1 Å². The standard InChI is InChI=1S/C13H12Br2FNOS/c1-17-12(11-6-9(14)13(15)19-11)8-4-3-7(18-2)5-10(8)16/h3-6,12,17H,1-2H3. The van der Waals surface area contributed by atoms with Crippen molar-refractivity contribution >= 4 is 43.2 Å². The van der Waals surface area contributed by atoms with Crippen LogP contribution in [0.3, 0.4) is 0 Å². The van der Waals surface area contributed by atoms with E-state index in [1.165, 1.54) is 13.2 Å². The first-order valence-electron chi connectivity index (χ1n) is 5.52. The van der Waals surface area contributed by atoms with E-state index in [0.29, 0.717) is 11.3 Å². The molecule has 1 aromatic carbocycles. The van der Waals surface area contributed by atoms with Gasteiger partial charge in [-0.25, -0.2) is 4.39 Å². The van der Waals surface area contributed by atoms with Crippen molar-refractivity contribution in [3.05, 3.63) is 48.8 Å². The maximum Gasteiger partial charge on any atom is 0.132 e. The molecule has 0 bridgehead atoms. The van der Waals surface area contributed by atoms with Crippen LogP contribution in [0.25, 0.3) is 0 Å². The summed E-state index contributed by atoms with van der Waals surface area (Å²) in [5, 5.41) is 3.14. The predicted octanol–water partition coefficient (Wildman–Crippen LogP) is 4.73. The van der Waals surface area contributed by atoms with Crippen LogP contribution in [0, 0.1) is 5.82 Å². The van der Waals surface area contributed by atoms with Gasteiger partial charge >= 0.3 is 0 Å². The molecule has 0 amide bonds. The third-order valence-corrected chi connectivity index (χ3v) is 6.08. The highest BCUT2D eigenvalue weighted by Crippen LogP contribution is 2.38. The van der Waals surface area contributed by atoms with E-state index in [4.69, 9.17) is 4.74 Å². The number of methoxy groups -OCH3 is 1. The summed E-state index contributed by atoms with van der Waals surface area (Å²) in [6, 6.07) is 6.72. The molecule has 0 spiro atoms. The van der Waals surface area contributed by atoms with Gasteiger partial charge in [-0.2, -0.15) is 0 Å². The second kappa shape index (κ2) is 6.35. The Kier molecular flexibility index (Phi) is 5.00. The smallest absolute Gasteiger partial charge is 0.132 e. The Morgan fingerprint density at radius 2 is 2.05 bits per heavy atom. The number of hydrogen-bond acceptors (Lipinski definition) is 3. The fraction of sp³-hybridized carbons (Fsp3) is 0.231. The lowest BCUT2D eigenvalue weighted by Crippen LogP contribution is -2.17. The van der Waals surface area contributed by atoms with Gasteiger partial charge in [-0.15, -0.1) is 11.3 Å². The van der Waals surface area contributed by atoms with E-state index in [1.54, 1.807) is 23.5 Å². The molecule has 0 aliphatic rings. The van der Waals surface area contributed by atoms with Crippen molar-refractivity contribution in [2.24, 2.45) is 0 Å². The van der Waals surface area contributed by atoms with Crippen molar-refractivity contribution < 1.29 is 9.13 Å². The van der Waals surface area contributed by atoms with E-state index in [1.807, 2.05) is 13.1 Å². The molecule has 1 aromatic heterocycles. The number of hydrogen-bond donors (Lipinski definition) is 1. The summed E-state index contributed by atoms with van der Waals surface area (Å²) in [5.41, 5.74) is 0.601. The second-order valence-corrected chi connectivity index (χ2v) is 7.14. The van der Waals surface area contributed by atoms with Gasteiger partial charge in [-0.3, -0.25) is 0 Å². The fourth-order valence-corrected chi connectivity index (χ4v) is 4.04. The van der Waals surface area contributed by atoms with Crippen LogP contribution in [0.1, 0.15) is 16.5 Å². The summed E-state index contributed by atoms with van der Waals surface area (Å²) in [7, 11) is 3.34. The molecule has 1 atom stereocenters. The monoisotopic (exact) mass is 407 g/mol. The number of rotatable bonds is 4. The molecule has 1 N–H and O–H groups in total. The van der Waals surface area contributed by atoms with Gasteiger partial charge in [0, 0.05) is 21.0 Å². The predicted molar refractivity (Wildman–Crippen MR) is 83.6 cm³/mol. The number of benzene rings is 1. The largest absolute Gasteiger partial charge is 0.497 e. The third kappa shape index (κ3) is 3.18. The summed E-state index contributed by atoms with van der Waals surface area (Å²) in [6.07, 6.45) is 0. The normalized spacial score (nSPS) is 12.5. The lowest BCUT2D eigenvalue weighted by Gasteiger charge is -2.16. The fourth-order valence-electron chi connectivity index (χ4n) is 1.83. The van der Waals surface area contributed by atoms with Crippen LogP contribution in [0.15, 0.2) is 32.5 Å². The Balaban J connectivity index is 2.42. The highest BCUT2D eigenvalue weighted by atomic mass is 79.9. The topological polar surface area (TPSA) is 21.3 Å². The SMILES string of the molecule is CNC(c1cc(Br)c(Br)s1)c1ccc(OC)cc1F. The maximum atomic E-state index is 14.1. The molecule has 0 saturated carbocycles. The van der Waals surface area contributed by atoms with Gasteiger partial charge in [0.15, 0.2) is 0 Å². The van der Waals surface area contributed by atoms with E-state index in [0.717, 1.165) is 13.1 Å². The molecular formula is C13H12Br2FNOS. The van der Waals surface area contributed by atoms with Crippen molar-refractivity contribution in [2.45, 2.75) is 6.04 Å². The van der Waals surface area contributed by atoms with E-state index < -0.39 is 0 Å². The Labute approximate surface area is 132 Å². The van der Waals surface area contributed by atoms with Crippen LogP contribution in [0.4, 0.5) is 4.39 Å². The van der Waals surface area contributed by atoms with Crippen LogP contribution in [-0.2, 0) is 0 Å². The molecule has 0 aliphatic carbocycles. The van der Waals surface area contributed by atoms with Gasteiger partial charge in [-0.1, -0.05) is 6.07 Å². The van der Waals surface area contributed by atoms with Gasteiger partial charge in [-0.05, 0) is 51.0 Å². The zero-order valence-electron chi connectivity index (χ0n) is 10.3. The van der Waals surface area contributed by atoms with Crippen molar-refractivity contribution in [2.75, 3.05) is 14.2 Å². The van der Waals surface area contributed by atoms with Gasteiger partial charge in [0.05, 0.1) is 16.9 Å². The highest BCUT2D eigenvalue weighted by molar-refractivity contribution is 9.13. The van der Waals surface area contributed by atoms with E-state index in [9.17, 15) is 4.39 Å². The molecule has 2 nitrogen and oxygen atoms in total. The summed E-state index contributed by atoms with van der Waals surface area (Å²) >= 11 is 8.48. The van der Waals surface area contributed by atoms with Crippen LogP contribution in [0.2, 0.25) is 0 Å². The summed E-state index contributed by atoms with van der Waals surface area (Å²) in [4.78, 5) is 1.03. The quantitative estimate of drug-likeness (QED) is 0.789. The van der Waals surface area contributed by atoms with E-state index in [-0.39, 0.29) is 11.9 Å². The van der Waals surface area contributed by atoms with E-state index in [2.05, 4.69) is 37.2 Å². The van der Waals surface area contributed by atoms with Gasteiger partial charge in [0.2, 0.25) is 0 Å². The summed E-state index contributed by atoms with van der Waals surface area (Å²) in [6.45, 7) is 0. The van der Waals surface area contributed by atoms with Crippen molar-refractivity contribution in [1.82, 2.24) is 5.32 Å². The van der Waals surface area contributed by atoms with Crippen LogP contribution in [0.5, 0.6) is 5.75 Å². The average molecular weight is 409 g/mol. The van der Waals surface area contributed by atoms with Crippen molar-refractivity contribution in [1.29, 1.82) is 0 Å². The summed E-state index contributed by atoms with van der Waals surface area (Å²) in [5.74, 6) is 0.240. The van der Waals surface area contributed by atoms with Crippen LogP contribution >= 0.6 is 43.2 Å². The minimum absolute atomic E-state index is 0.182. The zero-order valence-corrected chi connectivity index (χ0v) is 14.3. The first-order valence-corrected chi connectivity index (χ1v) is 7.92. The molecule has 102 valence electrons. The van der Waals surface area contributed by atoms with Gasteiger partial charge in [0.25, 0.3) is 0 Å². The molecule has 0 radical (unpaired) electrons. The first-order chi connectivity index (χ1) is 9.06. The number of ether oxygens (including phenoxy) is 1. The van der Waals surface area contributed by atoms with Gasteiger partial charge in [0.1, 0.15) is 11.6 Å². The third-order valence-electron chi connectivity index (χ3n) is 2.76. The summed E-state index contributed by atoms with van der Waals surface area (Å²) < 4.78 is 21.1. The molecule has 2 aromatic rings. The molecule has 6 heteroatoms. The Morgan fingerprint density at radius 3 is 2.53 bits per heavy atom. The molecule has 1 unspecified atom stereocenters. The molecular weight excluding hydrogens is 397 g/mol. The number of halogens is 3. The van der Waals surface area contributed by atoms with E-state index >= 15 is 0 Å². The lowest BCUT2D eigenvalue weighted by atomic mass is 10.0. The number of nitrogens with one attached hydrogen (secondary N) is 1. The Hall–Kier alpha value is -0.430. The highest BCUT2D eigenvalue weighted by Gasteiger charge is 2.19. The molecule has 0 aliphatic heterocycles. The maximum absolute atomic E-state index is 14.1. The Morgan fingerprint density at radius 1 is 1.32 bits per heavy atom. The minimum Gasteiger partial charge on any atom is -0.497 e.